The molecule has 2 heterocycles. The summed E-state index contributed by atoms with van der Waals surface area (Å²) in [5.41, 5.74) is 0.0249. The molecule has 158 valence electrons. The van der Waals surface area contributed by atoms with Gasteiger partial charge in [0.05, 0.1) is 6.17 Å². The molecule has 3 rings (SSSR count). The zero-order valence-electron chi connectivity index (χ0n) is 16.6. The lowest BCUT2D eigenvalue weighted by atomic mass is 10.0. The van der Waals surface area contributed by atoms with Crippen molar-refractivity contribution >= 4 is 0 Å². The van der Waals surface area contributed by atoms with Gasteiger partial charge in [-0.1, -0.05) is 0 Å². The Bertz CT molecular complexity index is 655. The summed E-state index contributed by atoms with van der Waals surface area (Å²) < 4.78 is 32.2. The SMILES string of the molecule is C[C@@H](C(O)NC1CNC(Oc2ccc(F)cc2F)CN1)N1CCNC(C)(C)C1. The number of piperazine rings is 2. The quantitative estimate of drug-likeness (QED) is 0.437. The van der Waals surface area contributed by atoms with E-state index in [2.05, 4.69) is 40.0 Å². The third-order valence-corrected chi connectivity index (χ3v) is 5.27. The molecule has 0 bridgehead atoms. The van der Waals surface area contributed by atoms with Gasteiger partial charge in [-0.15, -0.1) is 0 Å². The van der Waals surface area contributed by atoms with Crippen LogP contribution in [0.25, 0.3) is 0 Å². The van der Waals surface area contributed by atoms with Crippen molar-refractivity contribution in [1.82, 2.24) is 26.2 Å². The lowest BCUT2D eigenvalue weighted by molar-refractivity contribution is -0.00276. The van der Waals surface area contributed by atoms with E-state index < -0.39 is 24.1 Å². The van der Waals surface area contributed by atoms with Gasteiger partial charge in [-0.3, -0.25) is 20.9 Å². The van der Waals surface area contributed by atoms with Gasteiger partial charge < -0.3 is 15.2 Å². The Morgan fingerprint density at radius 1 is 1.29 bits per heavy atom. The van der Waals surface area contributed by atoms with E-state index in [1.54, 1.807) is 0 Å². The monoisotopic (exact) mass is 399 g/mol. The molecule has 5 N–H and O–H groups in total. The fraction of sp³-hybridized carbons (Fsp3) is 0.684. The Morgan fingerprint density at radius 2 is 2.07 bits per heavy atom. The van der Waals surface area contributed by atoms with Gasteiger partial charge in [0.2, 0.25) is 0 Å². The molecule has 2 fully saturated rings. The maximum Gasteiger partial charge on any atom is 0.168 e. The Balaban J connectivity index is 1.44. The lowest BCUT2D eigenvalue weighted by Crippen LogP contribution is -2.66. The minimum absolute atomic E-state index is 0.00193. The third-order valence-electron chi connectivity index (χ3n) is 5.27. The number of aliphatic hydroxyl groups is 1. The maximum atomic E-state index is 13.7. The molecular formula is C19H31F2N5O2. The van der Waals surface area contributed by atoms with Gasteiger partial charge in [0.1, 0.15) is 12.0 Å². The maximum absolute atomic E-state index is 13.7. The van der Waals surface area contributed by atoms with E-state index in [9.17, 15) is 13.9 Å². The van der Waals surface area contributed by atoms with E-state index in [0.717, 1.165) is 31.8 Å². The molecule has 3 unspecified atom stereocenters. The molecule has 7 nitrogen and oxygen atoms in total. The highest BCUT2D eigenvalue weighted by atomic mass is 19.1. The highest BCUT2D eigenvalue weighted by molar-refractivity contribution is 5.25. The van der Waals surface area contributed by atoms with Gasteiger partial charge in [0, 0.05) is 50.4 Å². The predicted octanol–water partition coefficient (Wildman–Crippen LogP) is 0.169. The Morgan fingerprint density at radius 3 is 2.71 bits per heavy atom. The average Bonchev–Trinajstić information content (AvgIpc) is 2.64. The van der Waals surface area contributed by atoms with Crippen LogP contribution in [0.2, 0.25) is 0 Å². The summed E-state index contributed by atoms with van der Waals surface area (Å²) in [4.78, 5) is 2.27. The smallest absolute Gasteiger partial charge is 0.168 e. The van der Waals surface area contributed by atoms with E-state index >= 15 is 0 Å². The summed E-state index contributed by atoms with van der Waals surface area (Å²) in [7, 11) is 0. The van der Waals surface area contributed by atoms with Gasteiger partial charge in [-0.05, 0) is 32.9 Å². The molecule has 2 aliphatic rings. The predicted molar refractivity (Wildman–Crippen MR) is 103 cm³/mol. The molecule has 0 radical (unpaired) electrons. The molecular weight excluding hydrogens is 368 g/mol. The second-order valence-corrected chi connectivity index (χ2v) is 8.18. The van der Waals surface area contributed by atoms with Crippen molar-refractivity contribution in [2.24, 2.45) is 0 Å². The van der Waals surface area contributed by atoms with E-state index in [0.29, 0.717) is 13.1 Å². The molecule has 0 spiro atoms. The van der Waals surface area contributed by atoms with E-state index in [-0.39, 0.29) is 23.5 Å². The van der Waals surface area contributed by atoms with Crippen LogP contribution in [-0.2, 0) is 0 Å². The number of halogens is 2. The van der Waals surface area contributed by atoms with Crippen molar-refractivity contribution in [3.05, 3.63) is 29.8 Å². The van der Waals surface area contributed by atoms with Crippen LogP contribution in [0.5, 0.6) is 5.75 Å². The summed E-state index contributed by atoms with van der Waals surface area (Å²) in [5, 5.41) is 23.6. The first-order chi connectivity index (χ1) is 13.2. The summed E-state index contributed by atoms with van der Waals surface area (Å²) in [5.74, 6) is -1.37. The normalized spacial score (nSPS) is 27.9. The van der Waals surface area contributed by atoms with Crippen molar-refractivity contribution in [3.63, 3.8) is 0 Å². The summed E-state index contributed by atoms with van der Waals surface area (Å²) in [6.07, 6.45) is -1.28. The number of nitrogens with zero attached hydrogens (tertiary/aromatic N) is 1. The minimum Gasteiger partial charge on any atom is -0.471 e. The first-order valence-corrected chi connectivity index (χ1v) is 9.75. The fourth-order valence-electron chi connectivity index (χ4n) is 3.64. The molecule has 2 aliphatic heterocycles. The first-order valence-electron chi connectivity index (χ1n) is 9.75. The molecule has 1 aromatic carbocycles. The molecule has 0 amide bonds. The van der Waals surface area contributed by atoms with Crippen LogP contribution in [0.1, 0.15) is 20.8 Å². The van der Waals surface area contributed by atoms with E-state index in [1.165, 1.54) is 6.07 Å². The van der Waals surface area contributed by atoms with Gasteiger partial charge >= 0.3 is 0 Å². The third kappa shape index (κ3) is 5.59. The van der Waals surface area contributed by atoms with Crippen molar-refractivity contribution < 1.29 is 18.6 Å². The second kappa shape index (κ2) is 8.98. The first kappa shape index (κ1) is 21.4. The highest BCUT2D eigenvalue weighted by Crippen LogP contribution is 2.19. The molecule has 0 aliphatic carbocycles. The second-order valence-electron chi connectivity index (χ2n) is 8.18. The fourth-order valence-corrected chi connectivity index (χ4v) is 3.64. The molecule has 28 heavy (non-hydrogen) atoms. The largest absolute Gasteiger partial charge is 0.471 e. The zero-order chi connectivity index (χ0) is 20.3. The Labute approximate surface area is 164 Å². The molecule has 0 aromatic heterocycles. The summed E-state index contributed by atoms with van der Waals surface area (Å²) >= 11 is 0. The van der Waals surface area contributed by atoms with Crippen LogP contribution in [0.3, 0.4) is 0 Å². The van der Waals surface area contributed by atoms with Crippen LogP contribution in [-0.4, -0.2) is 72.9 Å². The number of rotatable bonds is 6. The Kier molecular flexibility index (Phi) is 6.85. The summed E-state index contributed by atoms with van der Waals surface area (Å²) in [6, 6.07) is 3.20. The van der Waals surface area contributed by atoms with Crippen molar-refractivity contribution in [2.75, 3.05) is 32.7 Å². The zero-order valence-corrected chi connectivity index (χ0v) is 16.6. The van der Waals surface area contributed by atoms with E-state index in [1.807, 2.05) is 6.92 Å². The molecule has 2 saturated heterocycles. The molecule has 1 aromatic rings. The van der Waals surface area contributed by atoms with Gasteiger partial charge in [0.15, 0.2) is 17.8 Å². The number of aliphatic hydroxyl groups excluding tert-OH is 1. The topological polar surface area (TPSA) is 80.8 Å². The number of hydrogen-bond acceptors (Lipinski definition) is 7. The van der Waals surface area contributed by atoms with Crippen molar-refractivity contribution in [1.29, 1.82) is 0 Å². The van der Waals surface area contributed by atoms with Gasteiger partial charge in [0.25, 0.3) is 0 Å². The average molecular weight is 399 g/mol. The van der Waals surface area contributed by atoms with Crippen LogP contribution in [0.4, 0.5) is 8.78 Å². The van der Waals surface area contributed by atoms with Crippen LogP contribution < -0.4 is 26.0 Å². The molecule has 4 atom stereocenters. The van der Waals surface area contributed by atoms with Crippen molar-refractivity contribution in [3.8, 4) is 5.75 Å². The molecule has 9 heteroatoms. The van der Waals surface area contributed by atoms with Crippen LogP contribution in [0, 0.1) is 11.6 Å². The summed E-state index contributed by atoms with van der Waals surface area (Å²) in [6.45, 7) is 9.87. The highest BCUT2D eigenvalue weighted by Gasteiger charge is 2.32. The van der Waals surface area contributed by atoms with Crippen LogP contribution >= 0.6 is 0 Å². The van der Waals surface area contributed by atoms with Crippen LogP contribution in [0.15, 0.2) is 18.2 Å². The van der Waals surface area contributed by atoms with Crippen molar-refractivity contribution in [2.45, 2.75) is 51.0 Å². The number of nitrogens with one attached hydrogen (secondary N) is 4. The van der Waals surface area contributed by atoms with Gasteiger partial charge in [-0.2, -0.15) is 0 Å². The Hall–Kier alpha value is -1.36. The molecule has 0 saturated carbocycles. The lowest BCUT2D eigenvalue weighted by Gasteiger charge is -2.44. The number of benzene rings is 1. The van der Waals surface area contributed by atoms with E-state index in [4.69, 9.17) is 4.74 Å². The number of hydrogen-bond donors (Lipinski definition) is 5. The minimum atomic E-state index is -0.731. The number of ether oxygens (including phenoxy) is 1. The van der Waals surface area contributed by atoms with Gasteiger partial charge in [-0.25, -0.2) is 8.78 Å². The standard InChI is InChI=1S/C19H31F2N5O2/c1-12(26-7-6-24-19(2,3)11-26)18(27)25-16-9-23-17(10-22-16)28-15-5-4-13(20)8-14(15)21/h4-5,8,12,16-18,22-25,27H,6-7,9-11H2,1-3H3/t12-,16?,17?,18?/m0/s1.